The quantitative estimate of drug-likeness (QED) is 0.898. The lowest BCUT2D eigenvalue weighted by molar-refractivity contribution is -0.139. The van der Waals surface area contributed by atoms with Crippen LogP contribution in [0.2, 0.25) is 0 Å². The van der Waals surface area contributed by atoms with Crippen LogP contribution in [0.5, 0.6) is 5.75 Å². The second-order valence-corrected chi connectivity index (χ2v) is 4.33. The summed E-state index contributed by atoms with van der Waals surface area (Å²) in [5.74, 6) is 0.464. The third-order valence-corrected chi connectivity index (χ3v) is 2.67. The highest BCUT2D eigenvalue weighted by atomic mass is 79.9. The molecule has 0 atom stereocenters. The summed E-state index contributed by atoms with van der Waals surface area (Å²) >= 11 is 3.26. The van der Waals surface area contributed by atoms with Crippen molar-refractivity contribution in [1.82, 2.24) is 5.32 Å². The molecule has 0 heterocycles. The van der Waals surface area contributed by atoms with E-state index in [0.29, 0.717) is 16.8 Å². The van der Waals surface area contributed by atoms with Gasteiger partial charge in [0.25, 0.3) is 0 Å². The van der Waals surface area contributed by atoms with Gasteiger partial charge >= 0.3 is 6.18 Å². The summed E-state index contributed by atoms with van der Waals surface area (Å²) in [7, 11) is 1.76. The molecule has 1 rings (SSSR count). The van der Waals surface area contributed by atoms with Crippen LogP contribution in [0, 0.1) is 0 Å². The number of halogens is 4. The van der Waals surface area contributed by atoms with E-state index in [-0.39, 0.29) is 6.61 Å². The summed E-state index contributed by atoms with van der Waals surface area (Å²) in [6, 6.07) is 5.36. The smallest absolute Gasteiger partial charge is 0.392 e. The van der Waals surface area contributed by atoms with Gasteiger partial charge in [-0.25, -0.2) is 0 Å². The van der Waals surface area contributed by atoms with Crippen LogP contribution in [0.4, 0.5) is 13.2 Å². The van der Waals surface area contributed by atoms with Gasteiger partial charge in [-0.2, -0.15) is 13.2 Å². The normalized spacial score (nSPS) is 11.6. The Bertz CT molecular complexity index is 368. The fraction of sp³-hybridized carbons (Fsp3) is 0.455. The highest BCUT2D eigenvalue weighted by molar-refractivity contribution is 9.10. The molecule has 96 valence electrons. The Hall–Kier alpha value is -0.750. The third kappa shape index (κ3) is 4.95. The Morgan fingerprint density at radius 3 is 2.65 bits per heavy atom. The van der Waals surface area contributed by atoms with Crippen molar-refractivity contribution in [2.45, 2.75) is 19.1 Å². The lowest BCUT2D eigenvalue weighted by Crippen LogP contribution is -2.14. The molecule has 0 unspecified atom stereocenters. The van der Waals surface area contributed by atoms with Crippen molar-refractivity contribution in [3.63, 3.8) is 0 Å². The van der Waals surface area contributed by atoms with Gasteiger partial charge in [-0.3, -0.25) is 0 Å². The van der Waals surface area contributed by atoms with E-state index in [1.54, 1.807) is 13.1 Å². The average Bonchev–Trinajstić information content (AvgIpc) is 2.21. The average molecular weight is 312 g/mol. The van der Waals surface area contributed by atoms with Crippen LogP contribution in [0.1, 0.15) is 12.0 Å². The van der Waals surface area contributed by atoms with Crippen molar-refractivity contribution < 1.29 is 17.9 Å². The molecule has 0 saturated heterocycles. The van der Waals surface area contributed by atoms with E-state index in [9.17, 15) is 13.2 Å². The first-order valence-corrected chi connectivity index (χ1v) is 5.85. The lowest BCUT2D eigenvalue weighted by atomic mass is 10.2. The van der Waals surface area contributed by atoms with Gasteiger partial charge < -0.3 is 10.1 Å². The molecule has 0 amide bonds. The van der Waals surface area contributed by atoms with Crippen LogP contribution in [-0.4, -0.2) is 19.8 Å². The predicted octanol–water partition coefficient (Wildman–Crippen LogP) is 3.50. The van der Waals surface area contributed by atoms with Gasteiger partial charge in [0.15, 0.2) is 0 Å². The van der Waals surface area contributed by atoms with Crippen molar-refractivity contribution in [2.24, 2.45) is 0 Å². The molecule has 0 fully saturated rings. The number of ether oxygens (including phenoxy) is 1. The van der Waals surface area contributed by atoms with Gasteiger partial charge in [-0.05, 0) is 29.0 Å². The molecule has 1 N–H and O–H groups in total. The number of nitrogens with one attached hydrogen (secondary N) is 1. The number of benzene rings is 1. The molecular weight excluding hydrogens is 299 g/mol. The molecule has 2 nitrogen and oxygen atoms in total. The zero-order valence-electron chi connectivity index (χ0n) is 9.27. The van der Waals surface area contributed by atoms with E-state index >= 15 is 0 Å². The summed E-state index contributed by atoms with van der Waals surface area (Å²) in [6.07, 6.45) is -5.14. The van der Waals surface area contributed by atoms with E-state index in [0.717, 1.165) is 5.56 Å². The Morgan fingerprint density at radius 2 is 2.06 bits per heavy atom. The number of hydrogen-bond acceptors (Lipinski definition) is 2. The fourth-order valence-electron chi connectivity index (χ4n) is 1.31. The highest BCUT2D eigenvalue weighted by Crippen LogP contribution is 2.30. The lowest BCUT2D eigenvalue weighted by Gasteiger charge is -2.14. The van der Waals surface area contributed by atoms with Crippen LogP contribution in [0.15, 0.2) is 22.7 Å². The molecule has 0 spiro atoms. The summed E-state index contributed by atoms with van der Waals surface area (Å²) in [6.45, 7) is 0.170. The standard InChI is InChI=1S/C11H13BrF3NO/c1-16-7-8-3-2-4-9(12)10(8)17-6-5-11(13,14)15/h2-4,16H,5-7H2,1H3. The van der Waals surface area contributed by atoms with Crippen LogP contribution < -0.4 is 10.1 Å². The van der Waals surface area contributed by atoms with Crippen molar-refractivity contribution in [1.29, 1.82) is 0 Å². The second-order valence-electron chi connectivity index (χ2n) is 3.47. The first-order valence-electron chi connectivity index (χ1n) is 5.05. The maximum absolute atomic E-state index is 12.0. The minimum Gasteiger partial charge on any atom is -0.492 e. The topological polar surface area (TPSA) is 21.3 Å². The first kappa shape index (κ1) is 14.3. The van der Waals surface area contributed by atoms with Gasteiger partial charge in [-0.15, -0.1) is 0 Å². The molecule has 1 aromatic carbocycles. The van der Waals surface area contributed by atoms with Crippen LogP contribution in [0.3, 0.4) is 0 Å². The van der Waals surface area contributed by atoms with Crippen LogP contribution in [-0.2, 0) is 6.54 Å². The molecular formula is C11H13BrF3NO. The largest absolute Gasteiger partial charge is 0.492 e. The zero-order valence-corrected chi connectivity index (χ0v) is 10.9. The van der Waals surface area contributed by atoms with Gasteiger partial charge in [0, 0.05) is 12.1 Å². The molecule has 0 aliphatic rings. The molecule has 0 aromatic heterocycles. The SMILES string of the molecule is CNCc1cccc(Br)c1OCCC(F)(F)F. The molecule has 0 saturated carbocycles. The van der Waals surface area contributed by atoms with E-state index in [2.05, 4.69) is 21.2 Å². The Morgan fingerprint density at radius 1 is 1.35 bits per heavy atom. The van der Waals surface area contributed by atoms with E-state index in [4.69, 9.17) is 4.74 Å². The van der Waals surface area contributed by atoms with Crippen molar-refractivity contribution in [2.75, 3.05) is 13.7 Å². The van der Waals surface area contributed by atoms with Gasteiger partial charge in [0.2, 0.25) is 0 Å². The van der Waals surface area contributed by atoms with E-state index in [1.165, 1.54) is 0 Å². The Labute approximate surface area is 106 Å². The minimum atomic E-state index is -4.19. The maximum Gasteiger partial charge on any atom is 0.392 e. The molecule has 17 heavy (non-hydrogen) atoms. The van der Waals surface area contributed by atoms with Gasteiger partial charge in [0.05, 0.1) is 17.5 Å². The molecule has 0 bridgehead atoms. The molecule has 1 aromatic rings. The summed E-state index contributed by atoms with van der Waals surface area (Å²) in [4.78, 5) is 0. The Kier molecular flexibility index (Phi) is 5.27. The van der Waals surface area contributed by atoms with E-state index < -0.39 is 12.6 Å². The Balaban J connectivity index is 2.68. The van der Waals surface area contributed by atoms with Gasteiger partial charge in [0.1, 0.15) is 5.75 Å². The minimum absolute atomic E-state index is 0.372. The van der Waals surface area contributed by atoms with Crippen molar-refractivity contribution >= 4 is 15.9 Å². The zero-order chi connectivity index (χ0) is 12.9. The van der Waals surface area contributed by atoms with Crippen molar-refractivity contribution in [3.05, 3.63) is 28.2 Å². The van der Waals surface area contributed by atoms with Crippen LogP contribution >= 0.6 is 15.9 Å². The number of hydrogen-bond donors (Lipinski definition) is 1. The van der Waals surface area contributed by atoms with E-state index in [1.807, 2.05) is 12.1 Å². The first-order chi connectivity index (χ1) is 7.94. The maximum atomic E-state index is 12.0. The molecule has 6 heteroatoms. The number of alkyl halides is 3. The van der Waals surface area contributed by atoms with Crippen LogP contribution in [0.25, 0.3) is 0 Å². The van der Waals surface area contributed by atoms with Crippen molar-refractivity contribution in [3.8, 4) is 5.75 Å². The second kappa shape index (κ2) is 6.26. The molecule has 0 radical (unpaired) electrons. The van der Waals surface area contributed by atoms with Gasteiger partial charge in [-0.1, -0.05) is 12.1 Å². The fourth-order valence-corrected chi connectivity index (χ4v) is 1.84. The summed E-state index contributed by atoms with van der Waals surface area (Å²) in [5, 5.41) is 2.94. The number of rotatable bonds is 5. The third-order valence-electron chi connectivity index (χ3n) is 2.05. The summed E-state index contributed by atoms with van der Waals surface area (Å²) in [5.41, 5.74) is 0.823. The highest BCUT2D eigenvalue weighted by Gasteiger charge is 2.27. The predicted molar refractivity (Wildman–Crippen MR) is 63.1 cm³/mol. The molecule has 0 aliphatic heterocycles. The number of para-hydroxylation sites is 1. The monoisotopic (exact) mass is 311 g/mol. The molecule has 0 aliphatic carbocycles. The summed E-state index contributed by atoms with van der Waals surface area (Å²) < 4.78 is 41.9.